The molecule has 0 atom stereocenters. The van der Waals surface area contributed by atoms with Crippen LogP contribution in [0.25, 0.3) is 0 Å². The fourth-order valence-electron chi connectivity index (χ4n) is 3.29. The molecular formula is C17H25N3O5S. The fourth-order valence-corrected chi connectivity index (χ4v) is 4.71. The van der Waals surface area contributed by atoms with E-state index in [9.17, 15) is 13.2 Å². The molecule has 2 saturated heterocycles. The molecule has 0 bridgehead atoms. The predicted octanol–water partition coefficient (Wildman–Crippen LogP) is 0.0360. The van der Waals surface area contributed by atoms with Crippen molar-refractivity contribution in [3.8, 4) is 5.75 Å². The monoisotopic (exact) mass is 383 g/mol. The summed E-state index contributed by atoms with van der Waals surface area (Å²) in [5.74, 6) is 0.492. The van der Waals surface area contributed by atoms with Crippen molar-refractivity contribution in [1.82, 2.24) is 9.21 Å². The van der Waals surface area contributed by atoms with Crippen LogP contribution >= 0.6 is 0 Å². The molecule has 2 N–H and O–H groups in total. The Morgan fingerprint density at radius 2 is 1.69 bits per heavy atom. The van der Waals surface area contributed by atoms with E-state index in [1.54, 1.807) is 17.0 Å². The fraction of sp³-hybridized carbons (Fsp3) is 0.588. The molecule has 26 heavy (non-hydrogen) atoms. The van der Waals surface area contributed by atoms with Crippen LogP contribution in [-0.4, -0.2) is 75.6 Å². The first kappa shape index (κ1) is 19.1. The standard InChI is InChI=1S/C17H25N3O5S/c1-24-14-2-4-15(5-3-14)26(22,23)20-10-8-19(9-11-20)16(21)17(18)6-12-25-13-7-17/h2-5H,6-13,18H2,1H3. The highest BCUT2D eigenvalue weighted by atomic mass is 32.2. The van der Waals surface area contributed by atoms with Crippen molar-refractivity contribution in [3.05, 3.63) is 24.3 Å². The lowest BCUT2D eigenvalue weighted by Gasteiger charge is -2.40. The Balaban J connectivity index is 1.64. The minimum atomic E-state index is -3.59. The summed E-state index contributed by atoms with van der Waals surface area (Å²) in [7, 11) is -2.06. The number of rotatable bonds is 4. The average Bonchev–Trinajstić information content (AvgIpc) is 2.68. The summed E-state index contributed by atoms with van der Waals surface area (Å²) in [5, 5.41) is 0. The van der Waals surface area contributed by atoms with Gasteiger partial charge in [-0.05, 0) is 37.1 Å². The van der Waals surface area contributed by atoms with Crippen LogP contribution in [-0.2, 0) is 19.6 Å². The van der Waals surface area contributed by atoms with Crippen molar-refractivity contribution < 1.29 is 22.7 Å². The van der Waals surface area contributed by atoms with Crippen LogP contribution in [0.15, 0.2) is 29.2 Å². The number of sulfonamides is 1. The molecule has 1 aromatic rings. The first-order valence-electron chi connectivity index (χ1n) is 8.67. The van der Waals surface area contributed by atoms with Crippen LogP contribution in [0, 0.1) is 0 Å². The smallest absolute Gasteiger partial charge is 0.243 e. The lowest BCUT2D eigenvalue weighted by molar-refractivity contribution is -0.141. The van der Waals surface area contributed by atoms with Crippen LogP contribution < -0.4 is 10.5 Å². The van der Waals surface area contributed by atoms with Crippen molar-refractivity contribution in [2.24, 2.45) is 5.73 Å². The topological polar surface area (TPSA) is 102 Å². The van der Waals surface area contributed by atoms with Crippen molar-refractivity contribution >= 4 is 15.9 Å². The number of carbonyl (C=O) groups is 1. The van der Waals surface area contributed by atoms with Gasteiger partial charge in [0, 0.05) is 39.4 Å². The van der Waals surface area contributed by atoms with E-state index >= 15 is 0 Å². The molecule has 8 nitrogen and oxygen atoms in total. The Bertz CT molecular complexity index is 736. The van der Waals surface area contributed by atoms with Gasteiger partial charge < -0.3 is 20.1 Å². The van der Waals surface area contributed by atoms with Gasteiger partial charge >= 0.3 is 0 Å². The number of nitrogens with two attached hydrogens (primary N) is 1. The van der Waals surface area contributed by atoms with Crippen LogP contribution in [0.2, 0.25) is 0 Å². The second-order valence-electron chi connectivity index (χ2n) is 6.64. The highest BCUT2D eigenvalue weighted by Gasteiger charge is 2.40. The molecule has 2 aliphatic heterocycles. The van der Waals surface area contributed by atoms with Crippen LogP contribution in [0.1, 0.15) is 12.8 Å². The highest BCUT2D eigenvalue weighted by molar-refractivity contribution is 7.89. The van der Waals surface area contributed by atoms with Gasteiger partial charge in [0.25, 0.3) is 0 Å². The summed E-state index contributed by atoms with van der Waals surface area (Å²) >= 11 is 0. The first-order valence-corrected chi connectivity index (χ1v) is 10.1. The third-order valence-electron chi connectivity index (χ3n) is 5.03. The number of carbonyl (C=O) groups excluding carboxylic acids is 1. The van der Waals surface area contributed by atoms with Gasteiger partial charge in [-0.3, -0.25) is 4.79 Å². The summed E-state index contributed by atoms with van der Waals surface area (Å²) in [4.78, 5) is 14.6. The maximum atomic E-state index is 12.8. The highest BCUT2D eigenvalue weighted by Crippen LogP contribution is 2.24. The van der Waals surface area contributed by atoms with Gasteiger partial charge in [-0.2, -0.15) is 4.31 Å². The molecule has 0 spiro atoms. The van der Waals surface area contributed by atoms with Crippen molar-refractivity contribution in [3.63, 3.8) is 0 Å². The van der Waals surface area contributed by atoms with Crippen molar-refractivity contribution in [1.29, 1.82) is 0 Å². The minimum absolute atomic E-state index is 0.109. The number of methoxy groups -OCH3 is 1. The molecule has 0 aromatic heterocycles. The summed E-state index contributed by atoms with van der Waals surface area (Å²) in [6.45, 7) is 2.16. The van der Waals surface area contributed by atoms with Crippen molar-refractivity contribution in [2.75, 3.05) is 46.5 Å². The molecule has 3 rings (SSSR count). The van der Waals surface area contributed by atoms with E-state index in [1.807, 2.05) is 0 Å². The minimum Gasteiger partial charge on any atom is -0.497 e. The van der Waals surface area contributed by atoms with Gasteiger partial charge in [0.1, 0.15) is 5.75 Å². The van der Waals surface area contributed by atoms with Crippen molar-refractivity contribution in [2.45, 2.75) is 23.3 Å². The Morgan fingerprint density at radius 1 is 1.12 bits per heavy atom. The quantitative estimate of drug-likeness (QED) is 0.787. The SMILES string of the molecule is COc1ccc(S(=O)(=O)N2CCN(C(=O)C3(N)CCOCC3)CC2)cc1. The van der Waals surface area contributed by atoms with Gasteiger partial charge in [0.05, 0.1) is 17.5 Å². The Morgan fingerprint density at radius 3 is 2.23 bits per heavy atom. The zero-order valence-corrected chi connectivity index (χ0v) is 15.7. The normalized spacial score (nSPS) is 21.4. The van der Waals surface area contributed by atoms with Crippen LogP contribution in [0.3, 0.4) is 0 Å². The van der Waals surface area contributed by atoms with E-state index in [4.69, 9.17) is 15.2 Å². The Labute approximate surface area is 153 Å². The third kappa shape index (κ3) is 3.71. The zero-order chi connectivity index (χ0) is 18.8. The molecule has 1 aromatic carbocycles. The Kier molecular flexibility index (Phi) is 5.52. The molecule has 2 heterocycles. The lowest BCUT2D eigenvalue weighted by atomic mass is 9.89. The summed E-state index contributed by atoms with van der Waals surface area (Å²) in [6.07, 6.45) is 0.992. The number of hydrogen-bond donors (Lipinski definition) is 1. The van der Waals surface area contributed by atoms with Gasteiger partial charge in [-0.25, -0.2) is 8.42 Å². The zero-order valence-electron chi connectivity index (χ0n) is 14.9. The molecule has 2 aliphatic rings. The van der Waals surface area contributed by atoms with E-state index in [2.05, 4.69) is 0 Å². The number of amides is 1. The number of ether oxygens (including phenoxy) is 2. The summed E-state index contributed by atoms with van der Waals surface area (Å²) in [5.41, 5.74) is 5.36. The van der Waals surface area contributed by atoms with E-state index in [1.165, 1.54) is 23.5 Å². The molecule has 0 saturated carbocycles. The van der Waals surface area contributed by atoms with Gasteiger partial charge in [-0.1, -0.05) is 0 Å². The lowest BCUT2D eigenvalue weighted by Crippen LogP contribution is -2.61. The van der Waals surface area contributed by atoms with E-state index in [-0.39, 0.29) is 23.9 Å². The maximum absolute atomic E-state index is 12.8. The van der Waals surface area contributed by atoms with E-state index < -0.39 is 15.6 Å². The second kappa shape index (κ2) is 7.51. The number of nitrogens with zero attached hydrogens (tertiary/aromatic N) is 2. The molecular weight excluding hydrogens is 358 g/mol. The van der Waals surface area contributed by atoms with Gasteiger partial charge in [-0.15, -0.1) is 0 Å². The van der Waals surface area contributed by atoms with E-state index in [0.29, 0.717) is 44.9 Å². The molecule has 2 fully saturated rings. The van der Waals surface area contributed by atoms with Crippen LogP contribution in [0.5, 0.6) is 5.75 Å². The largest absolute Gasteiger partial charge is 0.497 e. The average molecular weight is 383 g/mol. The molecule has 0 unspecified atom stereocenters. The molecule has 0 aliphatic carbocycles. The molecule has 0 radical (unpaired) electrons. The number of benzene rings is 1. The third-order valence-corrected chi connectivity index (χ3v) is 6.95. The molecule has 1 amide bonds. The first-order chi connectivity index (χ1) is 12.4. The van der Waals surface area contributed by atoms with Gasteiger partial charge in [0.15, 0.2) is 0 Å². The maximum Gasteiger partial charge on any atom is 0.243 e. The van der Waals surface area contributed by atoms with Gasteiger partial charge in [0.2, 0.25) is 15.9 Å². The van der Waals surface area contributed by atoms with E-state index in [0.717, 1.165) is 0 Å². The summed E-state index contributed by atoms with van der Waals surface area (Å²) < 4.78 is 37.3. The molecule has 144 valence electrons. The van der Waals surface area contributed by atoms with Crippen LogP contribution in [0.4, 0.5) is 0 Å². The second-order valence-corrected chi connectivity index (χ2v) is 8.58. The number of hydrogen-bond acceptors (Lipinski definition) is 6. The Hall–Kier alpha value is -1.68. The molecule has 9 heteroatoms. The summed E-state index contributed by atoms with van der Waals surface area (Å²) in [6, 6.07) is 6.30. The number of piperazine rings is 1. The predicted molar refractivity (Wildman–Crippen MR) is 95.3 cm³/mol.